The van der Waals surface area contributed by atoms with Crippen LogP contribution in [0.4, 0.5) is 0 Å². The Kier molecular flexibility index (Phi) is 2.09. The van der Waals surface area contributed by atoms with E-state index in [0.29, 0.717) is 0 Å². The first kappa shape index (κ1) is 8.36. The van der Waals surface area contributed by atoms with E-state index in [2.05, 4.69) is 48.9 Å². The average Bonchev–Trinajstić information content (AvgIpc) is 2.51. The van der Waals surface area contributed by atoms with Crippen LogP contribution in [0.15, 0.2) is 30.5 Å². The SMILES string of the molecule is CCCn1ccc2c(C)cccc21. The Bertz CT molecular complexity index is 412. The molecule has 0 saturated heterocycles. The minimum atomic E-state index is 1.12. The molecule has 0 unspecified atom stereocenters. The molecule has 13 heavy (non-hydrogen) atoms. The van der Waals surface area contributed by atoms with Crippen molar-refractivity contribution in [3.05, 3.63) is 36.0 Å². The molecule has 1 heterocycles. The van der Waals surface area contributed by atoms with Crippen molar-refractivity contribution in [3.8, 4) is 0 Å². The first-order valence-electron chi connectivity index (χ1n) is 4.87. The van der Waals surface area contributed by atoms with Crippen molar-refractivity contribution in [2.45, 2.75) is 26.8 Å². The molecule has 0 aliphatic carbocycles. The van der Waals surface area contributed by atoms with Crippen molar-refractivity contribution in [3.63, 3.8) is 0 Å². The zero-order chi connectivity index (χ0) is 9.26. The zero-order valence-corrected chi connectivity index (χ0v) is 8.25. The predicted molar refractivity (Wildman–Crippen MR) is 57.0 cm³/mol. The van der Waals surface area contributed by atoms with E-state index >= 15 is 0 Å². The first-order chi connectivity index (χ1) is 6.33. The fraction of sp³-hybridized carbons (Fsp3) is 0.333. The normalized spacial score (nSPS) is 10.9. The van der Waals surface area contributed by atoms with Crippen LogP contribution in [0.3, 0.4) is 0 Å². The molecule has 2 rings (SSSR count). The highest BCUT2D eigenvalue weighted by Gasteiger charge is 2.00. The molecule has 0 aliphatic heterocycles. The summed E-state index contributed by atoms with van der Waals surface area (Å²) in [5, 5.41) is 1.39. The lowest BCUT2D eigenvalue weighted by Gasteiger charge is -2.02. The van der Waals surface area contributed by atoms with E-state index in [1.54, 1.807) is 0 Å². The van der Waals surface area contributed by atoms with Gasteiger partial charge in [-0.2, -0.15) is 0 Å². The van der Waals surface area contributed by atoms with E-state index in [-0.39, 0.29) is 0 Å². The Morgan fingerprint density at radius 1 is 1.23 bits per heavy atom. The number of benzene rings is 1. The zero-order valence-electron chi connectivity index (χ0n) is 8.25. The summed E-state index contributed by atoms with van der Waals surface area (Å²) in [7, 11) is 0. The lowest BCUT2D eigenvalue weighted by molar-refractivity contribution is 0.703. The van der Waals surface area contributed by atoms with Gasteiger partial charge in [-0.05, 0) is 31.0 Å². The number of aryl methyl sites for hydroxylation is 2. The number of nitrogens with zero attached hydrogens (tertiary/aromatic N) is 1. The van der Waals surface area contributed by atoms with Gasteiger partial charge in [0.2, 0.25) is 0 Å². The van der Waals surface area contributed by atoms with Crippen molar-refractivity contribution in [2.24, 2.45) is 0 Å². The standard InChI is InChI=1S/C12H15N/c1-3-8-13-9-7-11-10(2)5-4-6-12(11)13/h4-7,9H,3,8H2,1-2H3. The van der Waals surface area contributed by atoms with Crippen LogP contribution in [0.25, 0.3) is 10.9 Å². The van der Waals surface area contributed by atoms with Crippen LogP contribution in [0.2, 0.25) is 0 Å². The molecule has 0 fully saturated rings. The molecule has 1 aromatic heterocycles. The van der Waals surface area contributed by atoms with Gasteiger partial charge in [-0.15, -0.1) is 0 Å². The molecule has 0 aliphatic rings. The summed E-state index contributed by atoms with van der Waals surface area (Å²) >= 11 is 0. The second kappa shape index (κ2) is 3.25. The molecule has 0 amide bonds. The van der Waals surface area contributed by atoms with Crippen LogP contribution in [0.1, 0.15) is 18.9 Å². The van der Waals surface area contributed by atoms with E-state index in [0.717, 1.165) is 6.54 Å². The monoisotopic (exact) mass is 173 g/mol. The van der Waals surface area contributed by atoms with Gasteiger partial charge in [0, 0.05) is 23.6 Å². The number of aromatic nitrogens is 1. The van der Waals surface area contributed by atoms with Crippen molar-refractivity contribution in [1.29, 1.82) is 0 Å². The third kappa shape index (κ3) is 1.35. The third-order valence-corrected chi connectivity index (χ3v) is 2.50. The summed E-state index contributed by atoms with van der Waals surface area (Å²) in [6.45, 7) is 5.49. The molecule has 0 radical (unpaired) electrons. The summed E-state index contributed by atoms with van der Waals surface area (Å²) < 4.78 is 2.32. The molecule has 1 nitrogen and oxygen atoms in total. The fourth-order valence-electron chi connectivity index (χ4n) is 1.81. The molecule has 1 heteroatoms. The summed E-state index contributed by atoms with van der Waals surface area (Å²) in [4.78, 5) is 0. The van der Waals surface area contributed by atoms with E-state index in [1.807, 2.05) is 0 Å². The number of hydrogen-bond acceptors (Lipinski definition) is 0. The van der Waals surface area contributed by atoms with Gasteiger partial charge in [-0.3, -0.25) is 0 Å². The van der Waals surface area contributed by atoms with Gasteiger partial charge in [-0.25, -0.2) is 0 Å². The van der Waals surface area contributed by atoms with Crippen LogP contribution >= 0.6 is 0 Å². The Labute approximate surface area is 79.0 Å². The maximum absolute atomic E-state index is 2.32. The molecular formula is C12H15N. The van der Waals surface area contributed by atoms with Crippen molar-refractivity contribution in [1.82, 2.24) is 4.57 Å². The van der Waals surface area contributed by atoms with E-state index in [4.69, 9.17) is 0 Å². The van der Waals surface area contributed by atoms with Gasteiger partial charge in [0.15, 0.2) is 0 Å². The third-order valence-electron chi connectivity index (χ3n) is 2.50. The number of rotatable bonds is 2. The van der Waals surface area contributed by atoms with Crippen LogP contribution < -0.4 is 0 Å². The molecule has 0 spiro atoms. The average molecular weight is 173 g/mol. The van der Waals surface area contributed by atoms with Gasteiger partial charge in [0.1, 0.15) is 0 Å². The largest absolute Gasteiger partial charge is 0.347 e. The highest BCUT2D eigenvalue weighted by Crippen LogP contribution is 2.19. The second-order valence-electron chi connectivity index (χ2n) is 3.52. The maximum atomic E-state index is 2.32. The highest BCUT2D eigenvalue weighted by atomic mass is 14.9. The van der Waals surface area contributed by atoms with Crippen molar-refractivity contribution < 1.29 is 0 Å². The van der Waals surface area contributed by atoms with E-state index in [9.17, 15) is 0 Å². The van der Waals surface area contributed by atoms with Gasteiger partial charge >= 0.3 is 0 Å². The molecule has 0 atom stereocenters. The Morgan fingerprint density at radius 3 is 2.85 bits per heavy atom. The van der Waals surface area contributed by atoms with Crippen molar-refractivity contribution in [2.75, 3.05) is 0 Å². The van der Waals surface area contributed by atoms with Crippen LogP contribution in [-0.2, 0) is 6.54 Å². The molecule has 0 saturated carbocycles. The van der Waals surface area contributed by atoms with Gasteiger partial charge in [0.25, 0.3) is 0 Å². The van der Waals surface area contributed by atoms with Crippen LogP contribution in [-0.4, -0.2) is 4.57 Å². The Morgan fingerprint density at radius 2 is 2.08 bits per heavy atom. The summed E-state index contributed by atoms with van der Waals surface area (Å²) in [6.07, 6.45) is 3.37. The molecule has 1 aromatic carbocycles. The molecule has 68 valence electrons. The van der Waals surface area contributed by atoms with Gasteiger partial charge in [-0.1, -0.05) is 19.1 Å². The first-order valence-corrected chi connectivity index (χ1v) is 4.87. The molecule has 2 aromatic rings. The maximum Gasteiger partial charge on any atom is 0.0482 e. The lowest BCUT2D eigenvalue weighted by Crippen LogP contribution is -1.93. The topological polar surface area (TPSA) is 4.93 Å². The molecule has 0 bridgehead atoms. The minimum absolute atomic E-state index is 1.12. The van der Waals surface area contributed by atoms with Crippen molar-refractivity contribution >= 4 is 10.9 Å². The summed E-state index contributed by atoms with van der Waals surface area (Å²) in [5.41, 5.74) is 2.73. The quantitative estimate of drug-likeness (QED) is 0.656. The summed E-state index contributed by atoms with van der Waals surface area (Å²) in [6, 6.07) is 8.70. The Balaban J connectivity index is 2.61. The van der Waals surface area contributed by atoms with Crippen LogP contribution in [0, 0.1) is 6.92 Å². The van der Waals surface area contributed by atoms with E-state index < -0.39 is 0 Å². The summed E-state index contributed by atoms with van der Waals surface area (Å²) in [5.74, 6) is 0. The second-order valence-corrected chi connectivity index (χ2v) is 3.52. The molecular weight excluding hydrogens is 158 g/mol. The van der Waals surface area contributed by atoms with Crippen LogP contribution in [0.5, 0.6) is 0 Å². The molecule has 0 N–H and O–H groups in total. The minimum Gasteiger partial charge on any atom is -0.347 e. The predicted octanol–water partition coefficient (Wildman–Crippen LogP) is 3.36. The fourth-order valence-corrected chi connectivity index (χ4v) is 1.81. The smallest absolute Gasteiger partial charge is 0.0482 e. The Hall–Kier alpha value is -1.24. The van der Waals surface area contributed by atoms with E-state index in [1.165, 1.54) is 22.9 Å². The number of hydrogen-bond donors (Lipinski definition) is 0. The number of fused-ring (bicyclic) bond motifs is 1. The lowest BCUT2D eigenvalue weighted by atomic mass is 10.1. The van der Waals surface area contributed by atoms with Gasteiger partial charge in [0.05, 0.1) is 0 Å². The highest BCUT2D eigenvalue weighted by molar-refractivity contribution is 5.83. The van der Waals surface area contributed by atoms with Gasteiger partial charge < -0.3 is 4.57 Å².